The van der Waals surface area contributed by atoms with Crippen LogP contribution < -0.4 is 4.74 Å². The maximum absolute atomic E-state index is 15.5. The first-order chi connectivity index (χ1) is 24.1. The van der Waals surface area contributed by atoms with Gasteiger partial charge in [-0.05, 0) is 55.0 Å². The number of halogens is 5. The van der Waals surface area contributed by atoms with E-state index in [0.717, 1.165) is 33.2 Å². The van der Waals surface area contributed by atoms with Crippen LogP contribution in [-0.4, -0.2) is 19.3 Å². The third kappa shape index (κ3) is 5.72. The van der Waals surface area contributed by atoms with Crippen molar-refractivity contribution in [2.75, 3.05) is 0 Å². The van der Waals surface area contributed by atoms with Crippen molar-refractivity contribution in [3.05, 3.63) is 131 Å². The Morgan fingerprint density at radius 3 is 1.92 bits per heavy atom. The topological polar surface area (TPSA) is 44.9 Å². The van der Waals surface area contributed by atoms with E-state index in [0.29, 0.717) is 17.2 Å². The minimum Gasteiger partial charge on any atom is -0.457 e. The van der Waals surface area contributed by atoms with Crippen LogP contribution in [0.15, 0.2) is 85.1 Å². The van der Waals surface area contributed by atoms with Crippen LogP contribution in [0.5, 0.6) is 11.5 Å². The van der Waals surface area contributed by atoms with Crippen molar-refractivity contribution in [3.63, 3.8) is 0 Å². The lowest BCUT2D eigenvalue weighted by Gasteiger charge is -2.24. The molecule has 0 fully saturated rings. The highest BCUT2D eigenvalue weighted by atomic mass is 19.2. The molecule has 0 unspecified atom stereocenters. The maximum atomic E-state index is 15.5. The fourth-order valence-corrected chi connectivity index (χ4v) is 6.60. The van der Waals surface area contributed by atoms with Gasteiger partial charge in [0.05, 0.1) is 33.7 Å². The van der Waals surface area contributed by atoms with Gasteiger partial charge in [0.1, 0.15) is 17.3 Å². The molecule has 0 radical (unpaired) electrons. The summed E-state index contributed by atoms with van der Waals surface area (Å²) < 4.78 is 84.4. The number of aryl methyl sites for hydroxylation is 1. The smallest absolute Gasteiger partial charge is 0.200 e. The number of hydrogen-bond acceptors (Lipinski definition) is 3. The third-order valence-corrected chi connectivity index (χ3v) is 8.84. The summed E-state index contributed by atoms with van der Waals surface area (Å²) in [6, 6.07) is 24.9. The first kappa shape index (κ1) is 34.0. The number of para-hydroxylation sites is 1. The summed E-state index contributed by atoms with van der Waals surface area (Å²) in [6.07, 6.45) is 1.78. The van der Waals surface area contributed by atoms with Crippen LogP contribution in [0.3, 0.4) is 0 Å². The number of aromatic nitrogens is 4. The SMILES string of the molecule is Cc1ccnc(-n2c3ccccc3c3ccc(Oc4cccc(-n5nc(C(C)(C)C)c(-c6c(F)c(F)c(F)c(F)c6F)c5C(C)(C)C)c4)cc32)c1. The van der Waals surface area contributed by atoms with Crippen LogP contribution in [0.1, 0.15) is 58.5 Å². The minimum absolute atomic E-state index is 0.142. The predicted molar refractivity (Wildman–Crippen MR) is 190 cm³/mol. The molecular weight excluding hydrogens is 659 g/mol. The van der Waals surface area contributed by atoms with Gasteiger partial charge in [0, 0.05) is 45.5 Å². The highest BCUT2D eigenvalue weighted by Gasteiger charge is 2.38. The molecular formula is C41H35F5N4O. The lowest BCUT2D eigenvalue weighted by atomic mass is 9.80. The maximum Gasteiger partial charge on any atom is 0.200 e. The van der Waals surface area contributed by atoms with Crippen LogP contribution in [0.4, 0.5) is 22.0 Å². The van der Waals surface area contributed by atoms with Crippen LogP contribution in [0, 0.1) is 36.0 Å². The molecule has 7 rings (SSSR count). The predicted octanol–water partition coefficient (Wildman–Crippen LogP) is 11.4. The van der Waals surface area contributed by atoms with Crippen molar-refractivity contribution in [1.82, 2.24) is 19.3 Å². The zero-order chi connectivity index (χ0) is 36.6. The Bertz CT molecular complexity index is 2470. The van der Waals surface area contributed by atoms with Crippen molar-refractivity contribution in [2.24, 2.45) is 0 Å². The summed E-state index contributed by atoms with van der Waals surface area (Å²) in [6.45, 7) is 12.7. The molecule has 0 spiro atoms. The van der Waals surface area contributed by atoms with Gasteiger partial charge >= 0.3 is 0 Å². The molecule has 10 heteroatoms. The van der Waals surface area contributed by atoms with E-state index in [4.69, 9.17) is 9.84 Å². The van der Waals surface area contributed by atoms with Gasteiger partial charge in [0.2, 0.25) is 5.82 Å². The number of nitrogens with zero attached hydrogens (tertiary/aromatic N) is 4. The van der Waals surface area contributed by atoms with Crippen molar-refractivity contribution >= 4 is 21.8 Å². The quantitative estimate of drug-likeness (QED) is 0.102. The summed E-state index contributed by atoms with van der Waals surface area (Å²) >= 11 is 0. The van der Waals surface area contributed by atoms with Gasteiger partial charge in [-0.3, -0.25) is 4.57 Å². The van der Waals surface area contributed by atoms with E-state index in [9.17, 15) is 13.2 Å². The van der Waals surface area contributed by atoms with E-state index < -0.39 is 45.5 Å². The molecule has 0 aliphatic rings. The molecule has 0 bridgehead atoms. The highest BCUT2D eigenvalue weighted by molar-refractivity contribution is 6.09. The Labute approximate surface area is 291 Å². The molecule has 0 saturated heterocycles. The highest BCUT2D eigenvalue weighted by Crippen LogP contribution is 2.45. The molecule has 51 heavy (non-hydrogen) atoms. The fraction of sp³-hybridized carbons (Fsp3) is 0.220. The average Bonchev–Trinajstić information content (AvgIpc) is 3.64. The normalized spacial score (nSPS) is 12.3. The standard InChI is InChI=1S/C41H35F5N4O/c1-22-17-18-47-30(19-22)49-28-14-9-8-13-26(28)27-16-15-25(21-29(27)49)51-24-12-10-11-23(20-24)50-39(41(5,6)7)32(38(48-50)40(2,3)4)31-33(42)35(44)37(46)36(45)34(31)43/h8-21H,1-7H3. The number of benzene rings is 4. The summed E-state index contributed by atoms with van der Waals surface area (Å²) in [7, 11) is 0. The van der Waals surface area contributed by atoms with Crippen molar-refractivity contribution in [3.8, 4) is 34.1 Å². The molecule has 0 atom stereocenters. The molecule has 0 N–H and O–H groups in total. The van der Waals surface area contributed by atoms with Crippen molar-refractivity contribution in [2.45, 2.75) is 59.3 Å². The Morgan fingerprint density at radius 1 is 0.608 bits per heavy atom. The second-order valence-electron chi connectivity index (χ2n) is 14.8. The molecule has 5 nitrogen and oxygen atoms in total. The summed E-state index contributed by atoms with van der Waals surface area (Å²) in [4.78, 5) is 4.65. The Hall–Kier alpha value is -5.51. The average molecular weight is 695 g/mol. The van der Waals surface area contributed by atoms with Crippen molar-refractivity contribution < 1.29 is 26.7 Å². The molecule has 0 saturated carbocycles. The second-order valence-corrected chi connectivity index (χ2v) is 14.8. The largest absolute Gasteiger partial charge is 0.457 e. The molecule has 7 aromatic rings. The molecule has 4 aromatic carbocycles. The zero-order valence-electron chi connectivity index (χ0n) is 29.2. The Morgan fingerprint density at radius 2 is 1.25 bits per heavy atom. The van der Waals surface area contributed by atoms with Crippen LogP contribution in [0.25, 0.3) is 44.4 Å². The molecule has 0 amide bonds. The first-order valence-corrected chi connectivity index (χ1v) is 16.5. The van der Waals surface area contributed by atoms with Gasteiger partial charge in [-0.1, -0.05) is 65.8 Å². The fourth-order valence-electron chi connectivity index (χ4n) is 6.60. The summed E-state index contributed by atoms with van der Waals surface area (Å²) in [5, 5.41) is 6.89. The van der Waals surface area contributed by atoms with E-state index in [1.54, 1.807) is 72.0 Å². The van der Waals surface area contributed by atoms with E-state index in [1.807, 2.05) is 55.5 Å². The lowest BCUT2D eigenvalue weighted by molar-refractivity contribution is 0.381. The number of pyridine rings is 1. The Balaban J connectivity index is 1.39. The molecule has 3 aromatic heterocycles. The van der Waals surface area contributed by atoms with Crippen LogP contribution in [0.2, 0.25) is 0 Å². The van der Waals surface area contributed by atoms with Gasteiger partial charge < -0.3 is 4.74 Å². The molecule has 0 aliphatic carbocycles. The van der Waals surface area contributed by atoms with E-state index >= 15 is 8.78 Å². The molecule has 3 heterocycles. The number of hydrogen-bond donors (Lipinski definition) is 0. The molecule has 0 aliphatic heterocycles. The van der Waals surface area contributed by atoms with E-state index in [-0.39, 0.29) is 17.0 Å². The van der Waals surface area contributed by atoms with Gasteiger partial charge in [-0.15, -0.1) is 0 Å². The van der Waals surface area contributed by atoms with E-state index in [1.165, 1.54) is 4.68 Å². The van der Waals surface area contributed by atoms with Gasteiger partial charge in [-0.2, -0.15) is 5.10 Å². The van der Waals surface area contributed by atoms with Crippen LogP contribution in [-0.2, 0) is 10.8 Å². The van der Waals surface area contributed by atoms with Gasteiger partial charge in [0.25, 0.3) is 0 Å². The van der Waals surface area contributed by atoms with Gasteiger partial charge in [0.15, 0.2) is 23.3 Å². The third-order valence-electron chi connectivity index (χ3n) is 8.84. The van der Waals surface area contributed by atoms with E-state index in [2.05, 4.69) is 15.6 Å². The zero-order valence-corrected chi connectivity index (χ0v) is 29.2. The Kier molecular flexibility index (Phi) is 8.04. The number of ether oxygens (including phenoxy) is 1. The summed E-state index contributed by atoms with van der Waals surface area (Å²) in [5.74, 6) is -8.30. The minimum atomic E-state index is -2.21. The van der Waals surface area contributed by atoms with Crippen molar-refractivity contribution in [1.29, 1.82) is 0 Å². The van der Waals surface area contributed by atoms with Crippen LogP contribution >= 0.6 is 0 Å². The number of rotatable bonds is 5. The number of fused-ring (bicyclic) bond motifs is 3. The lowest BCUT2D eigenvalue weighted by Crippen LogP contribution is -2.20. The van der Waals surface area contributed by atoms with Gasteiger partial charge in [-0.25, -0.2) is 31.6 Å². The monoisotopic (exact) mass is 694 g/mol. The first-order valence-electron chi connectivity index (χ1n) is 16.5. The second kappa shape index (κ2) is 12.1. The molecule has 260 valence electrons. The summed E-state index contributed by atoms with van der Waals surface area (Å²) in [5.41, 5.74) is 1.00.